The van der Waals surface area contributed by atoms with Crippen molar-refractivity contribution >= 4 is 39.7 Å². The molecule has 0 radical (unpaired) electrons. The number of aromatic nitrogens is 3. The normalized spacial score (nSPS) is 11.0. The molecule has 2 aromatic carbocycles. The molecule has 9 nitrogen and oxygen atoms in total. The minimum absolute atomic E-state index is 0.313. The van der Waals surface area contributed by atoms with Crippen LogP contribution in [0.5, 0.6) is 5.75 Å². The van der Waals surface area contributed by atoms with Crippen LogP contribution in [-0.2, 0) is 11.8 Å². The maximum Gasteiger partial charge on any atom is 0.247 e. The summed E-state index contributed by atoms with van der Waals surface area (Å²) in [6.45, 7) is 5.13. The fourth-order valence-electron chi connectivity index (χ4n) is 4.19. The molecule has 0 aliphatic carbocycles. The molecule has 2 N–H and O–H groups in total. The van der Waals surface area contributed by atoms with Crippen LogP contribution in [0.4, 0.5) is 27.3 Å². The molecular formula is C28H32FN7O2. The zero-order chi connectivity index (χ0) is 27.4. The van der Waals surface area contributed by atoms with Gasteiger partial charge in [0.05, 0.1) is 29.9 Å². The number of aryl methyl sites for hydroxylation is 1. The summed E-state index contributed by atoms with van der Waals surface area (Å²) >= 11 is 0. The molecule has 4 aromatic rings. The van der Waals surface area contributed by atoms with Gasteiger partial charge in [-0.1, -0.05) is 6.58 Å². The largest absolute Gasteiger partial charge is 0.494 e. The quantitative estimate of drug-likeness (QED) is 0.296. The van der Waals surface area contributed by atoms with E-state index in [1.807, 2.05) is 49.9 Å². The van der Waals surface area contributed by atoms with E-state index in [2.05, 4.69) is 32.1 Å². The van der Waals surface area contributed by atoms with E-state index in [-0.39, 0.29) is 11.7 Å². The predicted molar refractivity (Wildman–Crippen MR) is 151 cm³/mol. The maximum absolute atomic E-state index is 14.0. The molecule has 0 spiro atoms. The zero-order valence-electron chi connectivity index (χ0n) is 22.2. The van der Waals surface area contributed by atoms with E-state index in [0.717, 1.165) is 35.2 Å². The van der Waals surface area contributed by atoms with Gasteiger partial charge in [-0.15, -0.1) is 0 Å². The fraction of sp³-hybridized carbons (Fsp3) is 0.250. The number of rotatable bonds is 10. The lowest BCUT2D eigenvalue weighted by atomic mass is 10.1. The highest BCUT2D eigenvalue weighted by Gasteiger charge is 2.17. The fourth-order valence-corrected chi connectivity index (χ4v) is 4.19. The number of benzene rings is 2. The van der Waals surface area contributed by atoms with Gasteiger partial charge in [0.25, 0.3) is 0 Å². The van der Waals surface area contributed by atoms with E-state index in [0.29, 0.717) is 28.6 Å². The lowest BCUT2D eigenvalue weighted by Crippen LogP contribution is -2.29. The Bertz CT molecular complexity index is 1480. The van der Waals surface area contributed by atoms with Gasteiger partial charge in [0.15, 0.2) is 0 Å². The Hall–Kier alpha value is -4.44. The molecule has 2 heterocycles. The van der Waals surface area contributed by atoms with Gasteiger partial charge < -0.3 is 29.7 Å². The van der Waals surface area contributed by atoms with Crippen molar-refractivity contribution in [2.75, 3.05) is 56.9 Å². The van der Waals surface area contributed by atoms with E-state index in [1.165, 1.54) is 24.5 Å². The van der Waals surface area contributed by atoms with Gasteiger partial charge in [-0.25, -0.2) is 14.4 Å². The Kier molecular flexibility index (Phi) is 7.92. The first-order valence-electron chi connectivity index (χ1n) is 12.1. The van der Waals surface area contributed by atoms with Gasteiger partial charge in [-0.05, 0) is 44.4 Å². The van der Waals surface area contributed by atoms with E-state index in [1.54, 1.807) is 25.3 Å². The summed E-state index contributed by atoms with van der Waals surface area (Å²) in [7, 11) is 9.46. The summed E-state index contributed by atoms with van der Waals surface area (Å²) in [5, 5.41) is 6.94. The third-order valence-electron chi connectivity index (χ3n) is 6.21. The summed E-state index contributed by atoms with van der Waals surface area (Å²) in [6, 6.07) is 10.1. The van der Waals surface area contributed by atoms with Crippen LogP contribution in [0.25, 0.3) is 22.2 Å². The Morgan fingerprint density at radius 3 is 2.63 bits per heavy atom. The number of nitrogens with one attached hydrogen (secondary N) is 2. The van der Waals surface area contributed by atoms with Crippen LogP contribution in [0, 0.1) is 5.82 Å². The maximum atomic E-state index is 14.0. The molecule has 0 bridgehead atoms. The molecule has 0 aliphatic heterocycles. The molecule has 198 valence electrons. The second kappa shape index (κ2) is 11.3. The highest BCUT2D eigenvalue weighted by Crippen LogP contribution is 2.38. The number of fused-ring (bicyclic) bond motifs is 1. The number of ether oxygens (including phenoxy) is 1. The average molecular weight is 518 g/mol. The number of amides is 1. The van der Waals surface area contributed by atoms with E-state index >= 15 is 0 Å². The third kappa shape index (κ3) is 5.76. The number of nitrogens with zero attached hydrogens (tertiary/aromatic N) is 5. The first kappa shape index (κ1) is 26.6. The Morgan fingerprint density at radius 2 is 1.92 bits per heavy atom. The number of hydrogen-bond donors (Lipinski definition) is 2. The number of carbonyl (C=O) groups is 1. The standard InChI is InChI=1S/C28H32FN7O2/c1-7-28(37)33-22-13-23(26(38-6)15-25(22)35(4)11-10-34(2)3)32-27-14-21(30-17-31-27)20-16-36(5)24-9-8-18(29)12-19(20)24/h7-9,12-17H,1,10-11H2,2-6H3,(H,33,37)(H,30,31,32). The first-order valence-corrected chi connectivity index (χ1v) is 12.1. The first-order chi connectivity index (χ1) is 18.2. The van der Waals surface area contributed by atoms with E-state index < -0.39 is 0 Å². The topological polar surface area (TPSA) is 87.5 Å². The van der Waals surface area contributed by atoms with Crippen LogP contribution in [0.1, 0.15) is 0 Å². The molecule has 10 heteroatoms. The van der Waals surface area contributed by atoms with Crippen molar-refractivity contribution in [1.29, 1.82) is 0 Å². The second-order valence-corrected chi connectivity index (χ2v) is 9.22. The van der Waals surface area contributed by atoms with Crippen molar-refractivity contribution in [3.63, 3.8) is 0 Å². The molecule has 38 heavy (non-hydrogen) atoms. The Morgan fingerprint density at radius 1 is 1.13 bits per heavy atom. The summed E-state index contributed by atoms with van der Waals surface area (Å²) in [6.07, 6.45) is 4.59. The predicted octanol–water partition coefficient (Wildman–Crippen LogP) is 4.65. The average Bonchev–Trinajstić information content (AvgIpc) is 3.22. The van der Waals surface area contributed by atoms with Gasteiger partial charge >= 0.3 is 0 Å². The Balaban J connectivity index is 1.72. The molecule has 4 rings (SSSR count). The van der Waals surface area contributed by atoms with Crippen LogP contribution >= 0.6 is 0 Å². The molecule has 1 amide bonds. The molecule has 0 unspecified atom stereocenters. The summed E-state index contributed by atoms with van der Waals surface area (Å²) in [5.74, 6) is 0.444. The van der Waals surface area contributed by atoms with Gasteiger partial charge in [0.2, 0.25) is 5.91 Å². The highest BCUT2D eigenvalue weighted by atomic mass is 19.1. The molecule has 0 fully saturated rings. The summed E-state index contributed by atoms with van der Waals surface area (Å²) < 4.78 is 21.6. The monoisotopic (exact) mass is 517 g/mol. The van der Waals surface area contributed by atoms with Crippen molar-refractivity contribution in [2.45, 2.75) is 0 Å². The lowest BCUT2D eigenvalue weighted by molar-refractivity contribution is -0.111. The molecule has 0 saturated heterocycles. The van der Waals surface area contributed by atoms with Gasteiger partial charge in [0.1, 0.15) is 23.7 Å². The number of anilines is 4. The van der Waals surface area contributed by atoms with Crippen molar-refractivity contribution in [3.8, 4) is 17.0 Å². The summed E-state index contributed by atoms with van der Waals surface area (Å²) in [5.41, 5.74) is 4.32. The molecule has 2 aromatic heterocycles. The van der Waals surface area contributed by atoms with Crippen molar-refractivity contribution in [3.05, 3.63) is 67.4 Å². The number of hydrogen-bond acceptors (Lipinski definition) is 7. The molecule has 0 saturated carbocycles. The van der Waals surface area contributed by atoms with Gasteiger partial charge in [0, 0.05) is 62.0 Å². The third-order valence-corrected chi connectivity index (χ3v) is 6.21. The van der Waals surface area contributed by atoms with Crippen LogP contribution in [0.2, 0.25) is 0 Å². The number of methoxy groups -OCH3 is 1. The molecular weight excluding hydrogens is 485 g/mol. The SMILES string of the molecule is C=CC(=O)Nc1cc(Nc2cc(-c3cn(C)c4ccc(F)cc34)ncn2)c(OC)cc1N(C)CCN(C)C. The van der Waals surface area contributed by atoms with Gasteiger partial charge in [-0.2, -0.15) is 0 Å². The van der Waals surface area contributed by atoms with Crippen molar-refractivity contribution in [1.82, 2.24) is 19.4 Å². The van der Waals surface area contributed by atoms with Crippen molar-refractivity contribution < 1.29 is 13.9 Å². The van der Waals surface area contributed by atoms with Crippen LogP contribution in [-0.4, -0.2) is 66.7 Å². The number of likely N-dealkylation sites (N-methyl/N-ethyl adjacent to an activating group) is 2. The smallest absolute Gasteiger partial charge is 0.247 e. The molecule has 0 atom stereocenters. The van der Waals surface area contributed by atoms with Crippen molar-refractivity contribution in [2.24, 2.45) is 7.05 Å². The second-order valence-electron chi connectivity index (χ2n) is 9.22. The van der Waals surface area contributed by atoms with Crippen LogP contribution in [0.15, 0.2) is 61.6 Å². The van der Waals surface area contributed by atoms with E-state index in [9.17, 15) is 9.18 Å². The number of halogens is 1. The lowest BCUT2D eigenvalue weighted by Gasteiger charge is -2.26. The van der Waals surface area contributed by atoms with Gasteiger partial charge in [-0.3, -0.25) is 4.79 Å². The zero-order valence-corrected chi connectivity index (χ0v) is 22.2. The minimum Gasteiger partial charge on any atom is -0.494 e. The number of carbonyl (C=O) groups excluding carboxylic acids is 1. The van der Waals surface area contributed by atoms with E-state index in [4.69, 9.17) is 4.74 Å². The van der Waals surface area contributed by atoms with Crippen LogP contribution in [0.3, 0.4) is 0 Å². The highest BCUT2D eigenvalue weighted by molar-refractivity contribution is 6.02. The minimum atomic E-state index is -0.323. The summed E-state index contributed by atoms with van der Waals surface area (Å²) in [4.78, 5) is 25.2. The molecule has 0 aliphatic rings. The Labute approximate surface area is 221 Å². The van der Waals surface area contributed by atoms with Crippen LogP contribution < -0.4 is 20.3 Å².